The van der Waals surface area contributed by atoms with E-state index in [2.05, 4.69) is 20.9 Å². The number of nitrogens with zero attached hydrogens (tertiary/aromatic N) is 1. The third-order valence-electron chi connectivity index (χ3n) is 2.60. The average molecular weight is 366 g/mol. The zero-order valence-corrected chi connectivity index (χ0v) is 13.6. The summed E-state index contributed by atoms with van der Waals surface area (Å²) >= 11 is 1.31. The van der Waals surface area contributed by atoms with Crippen molar-refractivity contribution < 1.29 is 23.0 Å². The van der Waals surface area contributed by atoms with E-state index in [0.717, 1.165) is 0 Å². The fourth-order valence-corrected chi connectivity index (χ4v) is 2.70. The van der Waals surface area contributed by atoms with Crippen LogP contribution in [-0.4, -0.2) is 38.9 Å². The second-order valence-corrected chi connectivity index (χ2v) is 6.59. The van der Waals surface area contributed by atoms with Gasteiger partial charge in [0.05, 0.1) is 18.1 Å². The number of hydrogen-bond acceptors (Lipinski definition) is 5. The highest BCUT2D eigenvalue weighted by atomic mass is 79.9. The molecule has 1 aliphatic rings. The van der Waals surface area contributed by atoms with Crippen LogP contribution in [0.25, 0.3) is 0 Å². The molecule has 1 aromatic heterocycles. The molecule has 0 amide bonds. The number of hydrogen-bond donors (Lipinski definition) is 1. The van der Waals surface area contributed by atoms with Crippen LogP contribution in [-0.2, 0) is 26.3 Å². The summed E-state index contributed by atoms with van der Waals surface area (Å²) in [4.78, 5) is 4.10. The molecule has 0 aliphatic carbocycles. The van der Waals surface area contributed by atoms with Crippen LogP contribution in [0.5, 0.6) is 5.75 Å². The molecule has 112 valence electrons. The molecule has 0 spiro atoms. The summed E-state index contributed by atoms with van der Waals surface area (Å²) in [6.07, 6.45) is -0.132. The van der Waals surface area contributed by atoms with Crippen molar-refractivity contribution in [2.24, 2.45) is 0 Å². The summed E-state index contributed by atoms with van der Waals surface area (Å²) in [6, 6.07) is 3.34. The van der Waals surface area contributed by atoms with Gasteiger partial charge in [-0.05, 0) is 29.8 Å². The van der Waals surface area contributed by atoms with Gasteiger partial charge >= 0.3 is 0 Å². The van der Waals surface area contributed by atoms with Gasteiger partial charge in [0.25, 0.3) is 0 Å². The Morgan fingerprint density at radius 2 is 2.35 bits per heavy atom. The maximum atomic E-state index is 10.8. The molecule has 0 aromatic carbocycles. The third-order valence-corrected chi connectivity index (χ3v) is 3.54. The molecule has 2 heterocycles. The molecule has 2 unspecified atom stereocenters. The second-order valence-electron chi connectivity index (χ2n) is 4.84. The Balaban J connectivity index is 1.96. The van der Waals surface area contributed by atoms with Gasteiger partial charge in [-0.1, -0.05) is 0 Å². The summed E-state index contributed by atoms with van der Waals surface area (Å²) in [5.41, 5.74) is 0.485. The molecule has 0 radical (unpaired) electrons. The number of ether oxygens (including phenoxy) is 3. The standard InChI is InChI=1S/C12H16BrNO5S/c1-12(2)18-6-10(19-12)5-17-9-3-8(7-20(15)16)14-11(13)4-9/h3-4,10H,5-7H2,1-2H3,(H,15,16). The topological polar surface area (TPSA) is 77.9 Å². The molecule has 1 N–H and O–H groups in total. The molecule has 6 nitrogen and oxygen atoms in total. The fourth-order valence-electron chi connectivity index (χ4n) is 1.84. The van der Waals surface area contributed by atoms with Crippen LogP contribution in [0.15, 0.2) is 16.7 Å². The predicted molar refractivity (Wildman–Crippen MR) is 76.8 cm³/mol. The van der Waals surface area contributed by atoms with Crippen LogP contribution in [0, 0.1) is 0 Å². The first-order chi connectivity index (χ1) is 9.34. The first-order valence-corrected chi connectivity index (χ1v) is 8.09. The van der Waals surface area contributed by atoms with E-state index in [1.54, 1.807) is 12.1 Å². The van der Waals surface area contributed by atoms with E-state index in [-0.39, 0.29) is 11.9 Å². The predicted octanol–water partition coefficient (Wildman–Crippen LogP) is 2.10. The Morgan fingerprint density at radius 1 is 1.60 bits per heavy atom. The van der Waals surface area contributed by atoms with E-state index < -0.39 is 16.9 Å². The SMILES string of the molecule is CC1(C)OCC(COc2cc(Br)nc(CS(=O)O)c2)O1. The van der Waals surface area contributed by atoms with Gasteiger partial charge in [0.2, 0.25) is 0 Å². The largest absolute Gasteiger partial charge is 0.491 e. The fraction of sp³-hybridized carbons (Fsp3) is 0.583. The maximum Gasteiger partial charge on any atom is 0.163 e. The van der Waals surface area contributed by atoms with Crippen molar-refractivity contribution in [1.82, 2.24) is 4.98 Å². The lowest BCUT2D eigenvalue weighted by Crippen LogP contribution is -2.25. The third kappa shape index (κ3) is 4.78. The van der Waals surface area contributed by atoms with E-state index in [1.165, 1.54) is 0 Å². The van der Waals surface area contributed by atoms with Gasteiger partial charge in [-0.3, -0.25) is 0 Å². The summed E-state index contributed by atoms with van der Waals surface area (Å²) in [5.74, 6) is -0.0434. The Kier molecular flexibility index (Phi) is 5.14. The molecular weight excluding hydrogens is 350 g/mol. The molecule has 1 aromatic rings. The normalized spacial score (nSPS) is 22.7. The zero-order chi connectivity index (χ0) is 14.8. The van der Waals surface area contributed by atoms with E-state index >= 15 is 0 Å². The quantitative estimate of drug-likeness (QED) is 0.635. The first-order valence-electron chi connectivity index (χ1n) is 6.02. The molecule has 2 rings (SSSR count). The molecule has 1 fully saturated rings. The Hall–Kier alpha value is -0.540. The number of halogens is 1. The van der Waals surface area contributed by atoms with Gasteiger partial charge in [0, 0.05) is 12.1 Å². The van der Waals surface area contributed by atoms with Crippen LogP contribution in [0.2, 0.25) is 0 Å². The molecule has 1 aliphatic heterocycles. The van der Waals surface area contributed by atoms with Gasteiger partial charge < -0.3 is 18.8 Å². The zero-order valence-electron chi connectivity index (χ0n) is 11.2. The van der Waals surface area contributed by atoms with E-state index in [9.17, 15) is 4.21 Å². The lowest BCUT2D eigenvalue weighted by molar-refractivity contribution is -0.141. The van der Waals surface area contributed by atoms with Crippen molar-refractivity contribution in [2.45, 2.75) is 31.5 Å². The summed E-state index contributed by atoms with van der Waals surface area (Å²) < 4.78 is 37.0. The van der Waals surface area contributed by atoms with Crippen LogP contribution < -0.4 is 4.74 Å². The van der Waals surface area contributed by atoms with Crippen LogP contribution >= 0.6 is 15.9 Å². The average Bonchev–Trinajstić information content (AvgIpc) is 2.65. The molecule has 2 atom stereocenters. The van der Waals surface area contributed by atoms with E-state index in [1.807, 2.05) is 13.8 Å². The van der Waals surface area contributed by atoms with Crippen molar-refractivity contribution in [2.75, 3.05) is 13.2 Å². The molecule has 20 heavy (non-hydrogen) atoms. The van der Waals surface area contributed by atoms with Crippen LogP contribution in [0.1, 0.15) is 19.5 Å². The number of aromatic nitrogens is 1. The minimum absolute atomic E-state index is 0.0358. The summed E-state index contributed by atoms with van der Waals surface area (Å²) in [5, 5.41) is 0. The Bertz CT molecular complexity index is 511. The van der Waals surface area contributed by atoms with Gasteiger partial charge in [-0.25, -0.2) is 9.19 Å². The highest BCUT2D eigenvalue weighted by molar-refractivity contribution is 9.10. The van der Waals surface area contributed by atoms with Crippen molar-refractivity contribution in [3.63, 3.8) is 0 Å². The Labute approximate surface area is 128 Å². The lowest BCUT2D eigenvalue weighted by atomic mass is 10.3. The lowest BCUT2D eigenvalue weighted by Gasteiger charge is -2.17. The number of rotatable bonds is 5. The van der Waals surface area contributed by atoms with Gasteiger partial charge in [-0.15, -0.1) is 0 Å². The highest BCUT2D eigenvalue weighted by Gasteiger charge is 2.32. The molecule has 8 heteroatoms. The van der Waals surface area contributed by atoms with Crippen molar-refractivity contribution in [3.8, 4) is 5.75 Å². The second kappa shape index (κ2) is 6.48. The summed E-state index contributed by atoms with van der Waals surface area (Å²) in [7, 11) is 0. The van der Waals surface area contributed by atoms with E-state index in [0.29, 0.717) is 29.3 Å². The Morgan fingerprint density at radius 3 is 2.95 bits per heavy atom. The first kappa shape index (κ1) is 15.8. The van der Waals surface area contributed by atoms with Crippen molar-refractivity contribution in [1.29, 1.82) is 0 Å². The minimum Gasteiger partial charge on any atom is -0.491 e. The van der Waals surface area contributed by atoms with Crippen molar-refractivity contribution in [3.05, 3.63) is 22.4 Å². The smallest absolute Gasteiger partial charge is 0.163 e. The van der Waals surface area contributed by atoms with E-state index in [4.69, 9.17) is 18.8 Å². The monoisotopic (exact) mass is 365 g/mol. The molecular formula is C12H16BrNO5S. The van der Waals surface area contributed by atoms with Gasteiger partial charge in [-0.2, -0.15) is 0 Å². The van der Waals surface area contributed by atoms with Crippen LogP contribution in [0.4, 0.5) is 0 Å². The number of pyridine rings is 1. The van der Waals surface area contributed by atoms with Crippen molar-refractivity contribution >= 4 is 27.0 Å². The van der Waals surface area contributed by atoms with Gasteiger partial charge in [0.1, 0.15) is 23.1 Å². The highest BCUT2D eigenvalue weighted by Crippen LogP contribution is 2.24. The minimum atomic E-state index is -1.93. The summed E-state index contributed by atoms with van der Waals surface area (Å²) in [6.45, 7) is 4.53. The molecule has 1 saturated heterocycles. The maximum absolute atomic E-state index is 10.8. The van der Waals surface area contributed by atoms with Gasteiger partial charge in [0.15, 0.2) is 16.9 Å². The van der Waals surface area contributed by atoms with Crippen LogP contribution in [0.3, 0.4) is 0 Å². The molecule has 0 bridgehead atoms. The molecule has 0 saturated carbocycles.